The van der Waals surface area contributed by atoms with Gasteiger partial charge in [-0.05, 0) is 19.8 Å². The second-order valence-electron chi connectivity index (χ2n) is 6.25. The van der Waals surface area contributed by atoms with Crippen LogP contribution in [0, 0.1) is 0 Å². The zero-order valence-corrected chi connectivity index (χ0v) is 18.7. The third-order valence-electron chi connectivity index (χ3n) is 4.02. The predicted molar refractivity (Wildman–Crippen MR) is 114 cm³/mol. The van der Waals surface area contributed by atoms with E-state index in [9.17, 15) is 9.59 Å². The van der Waals surface area contributed by atoms with Crippen molar-refractivity contribution >= 4 is 41.8 Å². The van der Waals surface area contributed by atoms with Crippen LogP contribution in [0.1, 0.15) is 33.1 Å². The SMILES string of the molecule is CCOCCCNC(=NCC(=O)N(C)C)NC1CCN(C(=O)CC)C1.I. The third kappa shape index (κ3) is 9.56. The molecule has 0 aliphatic carbocycles. The molecule has 1 aliphatic heterocycles. The summed E-state index contributed by atoms with van der Waals surface area (Å²) in [6.07, 6.45) is 2.27. The molecule has 1 heterocycles. The van der Waals surface area contributed by atoms with Gasteiger partial charge in [0.2, 0.25) is 11.8 Å². The lowest BCUT2D eigenvalue weighted by molar-refractivity contribution is -0.130. The highest BCUT2D eigenvalue weighted by atomic mass is 127. The molecule has 1 atom stereocenters. The molecule has 0 aromatic carbocycles. The summed E-state index contributed by atoms with van der Waals surface area (Å²) in [4.78, 5) is 31.3. The van der Waals surface area contributed by atoms with Gasteiger partial charge in [-0.1, -0.05) is 6.92 Å². The van der Waals surface area contributed by atoms with Gasteiger partial charge in [0.15, 0.2) is 5.96 Å². The Morgan fingerprint density at radius 1 is 1.31 bits per heavy atom. The first kappa shape index (κ1) is 24.9. The van der Waals surface area contributed by atoms with Crippen LogP contribution in [0.2, 0.25) is 0 Å². The Labute approximate surface area is 174 Å². The van der Waals surface area contributed by atoms with Crippen LogP contribution >= 0.6 is 24.0 Å². The van der Waals surface area contributed by atoms with Crippen molar-refractivity contribution in [2.24, 2.45) is 4.99 Å². The van der Waals surface area contributed by atoms with Crippen LogP contribution in [0.3, 0.4) is 0 Å². The van der Waals surface area contributed by atoms with E-state index in [1.165, 1.54) is 4.90 Å². The fraction of sp³-hybridized carbons (Fsp3) is 0.824. The molecule has 152 valence electrons. The molecule has 26 heavy (non-hydrogen) atoms. The van der Waals surface area contributed by atoms with Crippen molar-refractivity contribution in [3.63, 3.8) is 0 Å². The lowest BCUT2D eigenvalue weighted by Gasteiger charge is -2.19. The first-order chi connectivity index (χ1) is 12.0. The standard InChI is InChI=1S/C17H33N5O3.HI/c1-5-15(23)22-10-8-14(13-22)20-17(18-9-7-11-25-6-2)19-12-16(24)21(3)4;/h14H,5-13H2,1-4H3,(H2,18,19,20);1H. The zero-order chi connectivity index (χ0) is 18.7. The topological polar surface area (TPSA) is 86.3 Å². The molecule has 1 fully saturated rings. The maximum atomic E-state index is 11.8. The summed E-state index contributed by atoms with van der Waals surface area (Å²) in [6.45, 7) is 7.49. The van der Waals surface area contributed by atoms with Gasteiger partial charge in [-0.2, -0.15) is 0 Å². The van der Waals surface area contributed by atoms with E-state index in [0.29, 0.717) is 38.7 Å². The highest BCUT2D eigenvalue weighted by Crippen LogP contribution is 2.10. The number of ether oxygens (including phenoxy) is 1. The molecular weight excluding hydrogens is 449 g/mol. The molecule has 0 radical (unpaired) electrons. The van der Waals surface area contributed by atoms with Crippen LogP contribution in [0.4, 0.5) is 0 Å². The maximum Gasteiger partial charge on any atom is 0.243 e. The first-order valence-corrected chi connectivity index (χ1v) is 9.08. The summed E-state index contributed by atoms with van der Waals surface area (Å²) in [5, 5.41) is 6.59. The number of nitrogens with one attached hydrogen (secondary N) is 2. The average molecular weight is 483 g/mol. The lowest BCUT2D eigenvalue weighted by atomic mass is 10.3. The van der Waals surface area contributed by atoms with Crippen molar-refractivity contribution in [2.45, 2.75) is 39.2 Å². The van der Waals surface area contributed by atoms with Gasteiger partial charge >= 0.3 is 0 Å². The number of hydrogen-bond donors (Lipinski definition) is 2. The number of halogens is 1. The molecule has 1 saturated heterocycles. The van der Waals surface area contributed by atoms with Crippen molar-refractivity contribution in [3.05, 3.63) is 0 Å². The minimum atomic E-state index is -0.0513. The molecule has 0 aromatic rings. The quantitative estimate of drug-likeness (QED) is 0.218. The van der Waals surface area contributed by atoms with Gasteiger partial charge in [0.1, 0.15) is 6.54 Å². The fourth-order valence-electron chi connectivity index (χ4n) is 2.49. The molecule has 0 aromatic heterocycles. The average Bonchev–Trinajstić information content (AvgIpc) is 3.06. The van der Waals surface area contributed by atoms with E-state index in [1.807, 2.05) is 18.7 Å². The summed E-state index contributed by atoms with van der Waals surface area (Å²) >= 11 is 0. The molecule has 2 amide bonds. The molecule has 0 saturated carbocycles. The van der Waals surface area contributed by atoms with Crippen molar-refractivity contribution in [3.8, 4) is 0 Å². The number of hydrogen-bond acceptors (Lipinski definition) is 4. The number of likely N-dealkylation sites (N-methyl/N-ethyl adjacent to an activating group) is 1. The molecule has 9 heteroatoms. The Morgan fingerprint density at radius 2 is 2.04 bits per heavy atom. The molecular formula is C17H34IN5O3. The van der Waals surface area contributed by atoms with Crippen LogP contribution in [-0.4, -0.2) is 87.1 Å². The highest BCUT2D eigenvalue weighted by molar-refractivity contribution is 14.0. The molecule has 8 nitrogen and oxygen atoms in total. The van der Waals surface area contributed by atoms with Gasteiger partial charge < -0.3 is 25.2 Å². The Kier molecular flexibility index (Phi) is 13.4. The van der Waals surface area contributed by atoms with Crippen LogP contribution < -0.4 is 10.6 Å². The van der Waals surface area contributed by atoms with Crippen molar-refractivity contribution < 1.29 is 14.3 Å². The molecule has 1 unspecified atom stereocenters. The third-order valence-corrected chi connectivity index (χ3v) is 4.02. The van der Waals surface area contributed by atoms with Gasteiger partial charge in [-0.3, -0.25) is 9.59 Å². The smallest absolute Gasteiger partial charge is 0.243 e. The van der Waals surface area contributed by atoms with Crippen molar-refractivity contribution in [2.75, 3.05) is 53.5 Å². The Bertz CT molecular complexity index is 460. The van der Waals surface area contributed by atoms with E-state index in [-0.39, 0.29) is 48.4 Å². The predicted octanol–water partition coefficient (Wildman–Crippen LogP) is 0.665. The van der Waals surface area contributed by atoms with E-state index in [2.05, 4.69) is 15.6 Å². The summed E-state index contributed by atoms with van der Waals surface area (Å²) in [5.74, 6) is 0.738. The Morgan fingerprint density at radius 3 is 2.65 bits per heavy atom. The largest absolute Gasteiger partial charge is 0.382 e. The fourth-order valence-corrected chi connectivity index (χ4v) is 2.49. The molecule has 0 spiro atoms. The Hall–Kier alpha value is -1.10. The highest BCUT2D eigenvalue weighted by Gasteiger charge is 2.25. The van der Waals surface area contributed by atoms with E-state index < -0.39 is 0 Å². The number of rotatable bonds is 9. The summed E-state index contributed by atoms with van der Waals surface area (Å²) in [5.41, 5.74) is 0. The molecule has 2 N–H and O–H groups in total. The van der Waals surface area contributed by atoms with E-state index in [1.54, 1.807) is 14.1 Å². The van der Waals surface area contributed by atoms with Gasteiger partial charge in [-0.15, -0.1) is 24.0 Å². The van der Waals surface area contributed by atoms with Gasteiger partial charge in [0.25, 0.3) is 0 Å². The minimum Gasteiger partial charge on any atom is -0.382 e. The number of amides is 2. The van der Waals surface area contributed by atoms with Gasteiger partial charge in [-0.25, -0.2) is 4.99 Å². The lowest BCUT2D eigenvalue weighted by Crippen LogP contribution is -2.46. The minimum absolute atomic E-state index is 0. The van der Waals surface area contributed by atoms with Gasteiger partial charge in [0.05, 0.1) is 0 Å². The zero-order valence-electron chi connectivity index (χ0n) is 16.4. The summed E-state index contributed by atoms with van der Waals surface area (Å²) < 4.78 is 5.33. The number of carbonyl (C=O) groups excluding carboxylic acids is 2. The Balaban J connectivity index is 0.00000625. The summed E-state index contributed by atoms with van der Waals surface area (Å²) in [6, 6.07) is 0.156. The number of nitrogens with zero attached hydrogens (tertiary/aromatic N) is 3. The molecule has 1 rings (SSSR count). The van der Waals surface area contributed by atoms with Crippen molar-refractivity contribution in [1.29, 1.82) is 0 Å². The number of likely N-dealkylation sites (tertiary alicyclic amines) is 1. The van der Waals surface area contributed by atoms with E-state index >= 15 is 0 Å². The normalized spacial score (nSPS) is 16.8. The second-order valence-corrected chi connectivity index (χ2v) is 6.25. The summed E-state index contributed by atoms with van der Waals surface area (Å²) in [7, 11) is 3.43. The van der Waals surface area contributed by atoms with E-state index in [4.69, 9.17) is 4.74 Å². The molecule has 1 aliphatic rings. The van der Waals surface area contributed by atoms with E-state index in [0.717, 1.165) is 19.4 Å². The van der Waals surface area contributed by atoms with Crippen LogP contribution in [-0.2, 0) is 14.3 Å². The first-order valence-electron chi connectivity index (χ1n) is 9.08. The van der Waals surface area contributed by atoms with Crippen LogP contribution in [0.15, 0.2) is 4.99 Å². The van der Waals surface area contributed by atoms with Crippen LogP contribution in [0.5, 0.6) is 0 Å². The number of aliphatic imine (C=N–C) groups is 1. The van der Waals surface area contributed by atoms with Gasteiger partial charge in [0, 0.05) is 59.4 Å². The second kappa shape index (κ2) is 14.0. The van der Waals surface area contributed by atoms with Crippen molar-refractivity contribution in [1.82, 2.24) is 20.4 Å². The molecule has 0 bridgehead atoms. The number of guanidine groups is 1. The monoisotopic (exact) mass is 483 g/mol. The maximum absolute atomic E-state index is 11.8. The number of carbonyl (C=O) groups is 2. The van der Waals surface area contributed by atoms with Crippen LogP contribution in [0.25, 0.3) is 0 Å².